The van der Waals surface area contributed by atoms with Gasteiger partial charge in [0.2, 0.25) is 0 Å². The number of hydrogen-bond donors (Lipinski definition) is 1. The smallest absolute Gasteiger partial charge is 0.0902 e. The second-order valence-corrected chi connectivity index (χ2v) is 4.53. The first-order valence-electron chi connectivity index (χ1n) is 5.73. The van der Waals surface area contributed by atoms with Crippen LogP contribution in [0.2, 0.25) is 0 Å². The molecule has 2 atom stereocenters. The largest absolute Gasteiger partial charge is 0.299 e. The van der Waals surface area contributed by atoms with Crippen molar-refractivity contribution >= 4 is 0 Å². The Balaban J connectivity index is 2.57. The Morgan fingerprint density at radius 2 is 2.20 bits per heavy atom. The number of halogens is 1. The number of likely N-dealkylation sites (N-methyl/N-ethyl adjacent to an activating group) is 2. The van der Waals surface area contributed by atoms with Gasteiger partial charge in [0.25, 0.3) is 0 Å². The van der Waals surface area contributed by atoms with Gasteiger partial charge in [-0.25, -0.2) is 0 Å². The normalized spacial score (nSPS) is 32.1. The first-order chi connectivity index (χ1) is 7.06. The molecule has 1 rings (SSSR count). The van der Waals surface area contributed by atoms with Gasteiger partial charge in [0.1, 0.15) is 0 Å². The van der Waals surface area contributed by atoms with Crippen LogP contribution in [0.4, 0.5) is 4.39 Å². The van der Waals surface area contributed by atoms with Crippen LogP contribution in [0.5, 0.6) is 0 Å². The zero-order valence-corrected chi connectivity index (χ0v) is 10.3. The van der Waals surface area contributed by atoms with E-state index in [9.17, 15) is 4.39 Å². The number of rotatable bonds is 5. The van der Waals surface area contributed by atoms with E-state index >= 15 is 0 Å². The number of alkyl halides is 1. The molecule has 1 aliphatic heterocycles. The molecule has 0 radical (unpaired) electrons. The lowest BCUT2D eigenvalue weighted by molar-refractivity contribution is 0.132. The molecule has 0 aliphatic carbocycles. The highest BCUT2D eigenvalue weighted by Crippen LogP contribution is 2.31. The molecule has 2 nitrogen and oxygen atoms in total. The number of nitrogens with one attached hydrogen (secondary N) is 1. The van der Waals surface area contributed by atoms with Gasteiger partial charge < -0.3 is 0 Å². The van der Waals surface area contributed by atoms with Crippen LogP contribution in [0.15, 0.2) is 11.6 Å². The van der Waals surface area contributed by atoms with Crippen LogP contribution in [0.25, 0.3) is 0 Å². The Labute approximate surface area is 92.5 Å². The molecule has 2 unspecified atom stereocenters. The van der Waals surface area contributed by atoms with Gasteiger partial charge in [-0.1, -0.05) is 6.08 Å². The molecular weight excluding hydrogens is 191 g/mol. The predicted octanol–water partition coefficient (Wildman–Crippen LogP) is 2.32. The van der Waals surface area contributed by atoms with Crippen molar-refractivity contribution in [3.8, 4) is 0 Å². The van der Waals surface area contributed by atoms with Gasteiger partial charge in [0.15, 0.2) is 0 Å². The Bertz CT molecular complexity index is 240. The minimum absolute atomic E-state index is 0.0274. The molecule has 88 valence electrons. The highest BCUT2D eigenvalue weighted by molar-refractivity contribution is 5.25. The molecule has 0 saturated carbocycles. The predicted molar refractivity (Wildman–Crippen MR) is 62.6 cm³/mol. The summed E-state index contributed by atoms with van der Waals surface area (Å²) in [5.74, 6) is 0. The van der Waals surface area contributed by atoms with E-state index in [1.165, 1.54) is 5.57 Å². The van der Waals surface area contributed by atoms with Crippen LogP contribution in [-0.2, 0) is 0 Å². The maximum atomic E-state index is 12.0. The van der Waals surface area contributed by atoms with Crippen molar-refractivity contribution in [2.24, 2.45) is 0 Å². The Kier molecular flexibility index (Phi) is 4.29. The molecule has 0 aromatic heterocycles. The van der Waals surface area contributed by atoms with E-state index in [0.29, 0.717) is 12.5 Å². The minimum Gasteiger partial charge on any atom is -0.299 e. The van der Waals surface area contributed by atoms with Crippen LogP contribution < -0.4 is 5.32 Å². The molecule has 15 heavy (non-hydrogen) atoms. The van der Waals surface area contributed by atoms with Crippen LogP contribution in [0.3, 0.4) is 0 Å². The molecule has 1 aliphatic rings. The van der Waals surface area contributed by atoms with Crippen molar-refractivity contribution in [1.29, 1.82) is 0 Å². The van der Waals surface area contributed by atoms with Gasteiger partial charge >= 0.3 is 0 Å². The first kappa shape index (κ1) is 12.7. The van der Waals surface area contributed by atoms with Gasteiger partial charge in [-0.05, 0) is 52.8 Å². The molecule has 0 bridgehead atoms. The molecule has 0 aromatic rings. The van der Waals surface area contributed by atoms with Gasteiger partial charge in [-0.15, -0.1) is 0 Å². The Morgan fingerprint density at radius 3 is 2.67 bits per heavy atom. The summed E-state index contributed by atoms with van der Waals surface area (Å²) >= 11 is 0. The van der Waals surface area contributed by atoms with E-state index in [1.54, 1.807) is 0 Å². The van der Waals surface area contributed by atoms with Crippen molar-refractivity contribution in [3.05, 3.63) is 11.6 Å². The number of unbranched alkanes of at least 4 members (excludes halogenated alkanes) is 1. The third kappa shape index (κ3) is 2.40. The lowest BCUT2D eigenvalue weighted by atomic mass is 10.1. The molecule has 0 spiro atoms. The standard InChI is InChI=1S/C12H23FN2/c1-10-9-11(7-5-6-8-13)15(4)12(10,2)14-3/h9,11,14H,5-8H2,1-4H3. The van der Waals surface area contributed by atoms with Gasteiger partial charge in [-0.3, -0.25) is 14.6 Å². The molecule has 0 fully saturated rings. The highest BCUT2D eigenvalue weighted by atomic mass is 19.1. The summed E-state index contributed by atoms with van der Waals surface area (Å²) < 4.78 is 12.0. The lowest BCUT2D eigenvalue weighted by Crippen LogP contribution is -2.53. The summed E-state index contributed by atoms with van der Waals surface area (Å²) in [4.78, 5) is 2.33. The first-order valence-corrected chi connectivity index (χ1v) is 5.73. The molecule has 0 aromatic carbocycles. The van der Waals surface area contributed by atoms with Crippen LogP contribution in [0.1, 0.15) is 33.1 Å². The van der Waals surface area contributed by atoms with Crippen molar-refractivity contribution in [1.82, 2.24) is 10.2 Å². The van der Waals surface area contributed by atoms with Crippen molar-refractivity contribution in [3.63, 3.8) is 0 Å². The van der Waals surface area contributed by atoms with Crippen LogP contribution >= 0.6 is 0 Å². The monoisotopic (exact) mass is 214 g/mol. The third-order valence-electron chi connectivity index (χ3n) is 3.78. The molecule has 0 amide bonds. The second kappa shape index (κ2) is 5.08. The van der Waals surface area contributed by atoms with Crippen LogP contribution in [-0.4, -0.2) is 37.4 Å². The maximum absolute atomic E-state index is 12.0. The molecule has 1 N–H and O–H groups in total. The molecule has 0 saturated heterocycles. The SMILES string of the molecule is CNC1(C)C(C)=CC(CCCCF)N1C. The van der Waals surface area contributed by atoms with E-state index in [0.717, 1.165) is 12.8 Å². The van der Waals surface area contributed by atoms with Crippen LogP contribution in [0, 0.1) is 0 Å². The number of hydrogen-bond acceptors (Lipinski definition) is 2. The molecular formula is C12H23FN2. The van der Waals surface area contributed by atoms with Gasteiger partial charge in [0, 0.05) is 6.04 Å². The average Bonchev–Trinajstić information content (AvgIpc) is 2.44. The van der Waals surface area contributed by atoms with Crippen molar-refractivity contribution in [2.75, 3.05) is 20.8 Å². The van der Waals surface area contributed by atoms with Gasteiger partial charge in [-0.2, -0.15) is 0 Å². The maximum Gasteiger partial charge on any atom is 0.0902 e. The molecule has 1 heterocycles. The third-order valence-corrected chi connectivity index (χ3v) is 3.78. The van der Waals surface area contributed by atoms with E-state index in [1.807, 2.05) is 7.05 Å². The zero-order chi connectivity index (χ0) is 11.5. The summed E-state index contributed by atoms with van der Waals surface area (Å²) in [5, 5.41) is 3.34. The van der Waals surface area contributed by atoms with E-state index < -0.39 is 0 Å². The summed E-state index contributed by atoms with van der Waals surface area (Å²) in [6.07, 6.45) is 5.01. The lowest BCUT2D eigenvalue weighted by Gasteiger charge is -2.37. The van der Waals surface area contributed by atoms with Gasteiger partial charge in [0.05, 0.1) is 12.3 Å². The second-order valence-electron chi connectivity index (χ2n) is 4.53. The topological polar surface area (TPSA) is 15.3 Å². The summed E-state index contributed by atoms with van der Waals surface area (Å²) in [6.45, 7) is 4.15. The van der Waals surface area contributed by atoms with Crippen molar-refractivity contribution < 1.29 is 4.39 Å². The van der Waals surface area contributed by atoms with Crippen molar-refractivity contribution in [2.45, 2.75) is 44.8 Å². The number of nitrogens with zero attached hydrogens (tertiary/aromatic N) is 1. The minimum atomic E-state index is -0.192. The fourth-order valence-electron chi connectivity index (χ4n) is 2.27. The fourth-order valence-corrected chi connectivity index (χ4v) is 2.27. The zero-order valence-electron chi connectivity index (χ0n) is 10.3. The van der Waals surface area contributed by atoms with E-state index in [-0.39, 0.29) is 12.3 Å². The summed E-state index contributed by atoms with van der Waals surface area (Å²) in [6, 6.07) is 0.453. The highest BCUT2D eigenvalue weighted by Gasteiger charge is 2.38. The molecule has 3 heteroatoms. The quantitative estimate of drug-likeness (QED) is 0.558. The summed E-state index contributed by atoms with van der Waals surface area (Å²) in [5.41, 5.74) is 1.33. The van der Waals surface area contributed by atoms with E-state index in [2.05, 4.69) is 37.2 Å². The Hall–Kier alpha value is -0.410. The summed E-state index contributed by atoms with van der Waals surface area (Å²) in [7, 11) is 4.11. The van der Waals surface area contributed by atoms with E-state index in [4.69, 9.17) is 0 Å². The Morgan fingerprint density at radius 1 is 1.53 bits per heavy atom. The average molecular weight is 214 g/mol. The fraction of sp³-hybridized carbons (Fsp3) is 0.833.